The third-order valence-electron chi connectivity index (χ3n) is 2.29. The number of anilines is 2. The maximum atomic E-state index is 9.60. The Bertz CT molecular complexity index is 547. The Labute approximate surface area is 99.2 Å². The number of rotatable bonds is 2. The molecule has 0 bridgehead atoms. The molecule has 0 aliphatic heterocycles. The Kier molecular flexibility index (Phi) is 2.96. The van der Waals surface area contributed by atoms with Crippen LogP contribution >= 0.6 is 0 Å². The molecule has 2 aromatic rings. The fourth-order valence-corrected chi connectivity index (χ4v) is 1.38. The third kappa shape index (κ3) is 2.75. The van der Waals surface area contributed by atoms with Gasteiger partial charge in [-0.15, -0.1) is 0 Å². The second-order valence-electron chi connectivity index (χ2n) is 3.67. The van der Waals surface area contributed by atoms with E-state index >= 15 is 0 Å². The molecule has 0 radical (unpaired) electrons. The quantitative estimate of drug-likeness (QED) is 0.543. The van der Waals surface area contributed by atoms with Crippen molar-refractivity contribution in [2.75, 3.05) is 11.5 Å². The number of nitrogens with two attached hydrogens (primary N) is 2. The van der Waals surface area contributed by atoms with Crippen molar-refractivity contribution in [1.82, 2.24) is 0 Å². The first-order chi connectivity index (χ1) is 8.15. The van der Waals surface area contributed by atoms with E-state index in [1.165, 1.54) is 6.07 Å². The minimum Gasteiger partial charge on any atom is -0.506 e. The molecule has 0 spiro atoms. The standard InChI is InChI=1S/C13H13N3O/c14-10-3-1-9(2-4-10)8-16-12-6-5-11(15)7-13(12)17/h1-8,17H,14-15H2. The third-order valence-corrected chi connectivity index (χ3v) is 2.29. The van der Waals surface area contributed by atoms with Crippen LogP contribution in [0.4, 0.5) is 17.1 Å². The zero-order valence-electron chi connectivity index (χ0n) is 9.17. The van der Waals surface area contributed by atoms with E-state index in [0.717, 1.165) is 5.56 Å². The average molecular weight is 227 g/mol. The van der Waals surface area contributed by atoms with Crippen molar-refractivity contribution >= 4 is 23.3 Å². The lowest BCUT2D eigenvalue weighted by Gasteiger charge is -2.00. The lowest BCUT2D eigenvalue weighted by Crippen LogP contribution is -1.86. The smallest absolute Gasteiger partial charge is 0.143 e. The molecule has 0 aliphatic rings. The van der Waals surface area contributed by atoms with Gasteiger partial charge in [-0.05, 0) is 29.8 Å². The number of phenolic OH excluding ortho intramolecular Hbond substituents is 1. The largest absolute Gasteiger partial charge is 0.506 e. The lowest BCUT2D eigenvalue weighted by molar-refractivity contribution is 0.477. The Hall–Kier alpha value is -2.49. The van der Waals surface area contributed by atoms with Gasteiger partial charge in [0.1, 0.15) is 11.4 Å². The molecule has 0 atom stereocenters. The second kappa shape index (κ2) is 4.57. The van der Waals surface area contributed by atoms with Gasteiger partial charge >= 0.3 is 0 Å². The Morgan fingerprint density at radius 1 is 0.941 bits per heavy atom. The van der Waals surface area contributed by atoms with Gasteiger partial charge in [-0.1, -0.05) is 12.1 Å². The van der Waals surface area contributed by atoms with Crippen LogP contribution in [0.5, 0.6) is 5.75 Å². The lowest BCUT2D eigenvalue weighted by atomic mass is 10.2. The van der Waals surface area contributed by atoms with Crippen LogP contribution in [0.2, 0.25) is 0 Å². The van der Waals surface area contributed by atoms with E-state index in [1.54, 1.807) is 30.5 Å². The number of nitrogens with zero attached hydrogens (tertiary/aromatic N) is 1. The molecule has 0 aromatic heterocycles. The number of aliphatic imine (C=N–C) groups is 1. The van der Waals surface area contributed by atoms with E-state index in [2.05, 4.69) is 4.99 Å². The topological polar surface area (TPSA) is 84.6 Å². The van der Waals surface area contributed by atoms with Gasteiger partial charge in [-0.3, -0.25) is 4.99 Å². The summed E-state index contributed by atoms with van der Waals surface area (Å²) in [6, 6.07) is 12.1. The molecule has 17 heavy (non-hydrogen) atoms. The van der Waals surface area contributed by atoms with Gasteiger partial charge in [0.25, 0.3) is 0 Å². The molecule has 4 nitrogen and oxygen atoms in total. The van der Waals surface area contributed by atoms with Crippen LogP contribution < -0.4 is 11.5 Å². The average Bonchev–Trinajstić information content (AvgIpc) is 2.30. The number of benzene rings is 2. The molecular weight excluding hydrogens is 214 g/mol. The van der Waals surface area contributed by atoms with E-state index in [1.807, 2.05) is 12.1 Å². The summed E-state index contributed by atoms with van der Waals surface area (Å²) in [5.41, 5.74) is 13.7. The highest BCUT2D eigenvalue weighted by Gasteiger charge is 1.98. The molecule has 2 aromatic carbocycles. The van der Waals surface area contributed by atoms with Crippen molar-refractivity contribution in [3.8, 4) is 5.75 Å². The first-order valence-electron chi connectivity index (χ1n) is 5.13. The van der Waals surface area contributed by atoms with E-state index in [0.29, 0.717) is 17.1 Å². The predicted octanol–water partition coefficient (Wildman–Crippen LogP) is 2.31. The fraction of sp³-hybridized carbons (Fsp3) is 0. The summed E-state index contributed by atoms with van der Waals surface area (Å²) in [6.07, 6.45) is 1.66. The molecule has 0 fully saturated rings. The van der Waals surface area contributed by atoms with Crippen LogP contribution in [0.1, 0.15) is 5.56 Å². The van der Waals surface area contributed by atoms with E-state index in [-0.39, 0.29) is 5.75 Å². The summed E-state index contributed by atoms with van der Waals surface area (Å²) in [5, 5.41) is 9.60. The van der Waals surface area contributed by atoms with Crippen molar-refractivity contribution in [3.05, 3.63) is 48.0 Å². The molecule has 0 amide bonds. The van der Waals surface area contributed by atoms with Crippen molar-refractivity contribution in [1.29, 1.82) is 0 Å². The summed E-state index contributed by atoms with van der Waals surface area (Å²) >= 11 is 0. The number of hydrogen-bond acceptors (Lipinski definition) is 4. The minimum atomic E-state index is 0.0664. The normalized spacial score (nSPS) is 10.8. The molecule has 0 saturated heterocycles. The molecule has 0 aliphatic carbocycles. The van der Waals surface area contributed by atoms with Gasteiger partial charge in [-0.25, -0.2) is 0 Å². The highest BCUT2D eigenvalue weighted by Crippen LogP contribution is 2.27. The summed E-state index contributed by atoms with van der Waals surface area (Å²) < 4.78 is 0. The molecule has 0 unspecified atom stereocenters. The van der Waals surface area contributed by atoms with Crippen LogP contribution in [0.3, 0.4) is 0 Å². The zero-order valence-corrected chi connectivity index (χ0v) is 9.17. The molecule has 86 valence electrons. The van der Waals surface area contributed by atoms with E-state index in [9.17, 15) is 5.11 Å². The van der Waals surface area contributed by atoms with Crippen molar-refractivity contribution in [2.24, 2.45) is 4.99 Å². The summed E-state index contributed by atoms with van der Waals surface area (Å²) in [5.74, 6) is 0.0664. The minimum absolute atomic E-state index is 0.0664. The predicted molar refractivity (Wildman–Crippen MR) is 70.6 cm³/mol. The van der Waals surface area contributed by atoms with Crippen LogP contribution in [-0.4, -0.2) is 11.3 Å². The number of phenols is 1. The fourth-order valence-electron chi connectivity index (χ4n) is 1.38. The maximum absolute atomic E-state index is 9.60. The zero-order chi connectivity index (χ0) is 12.3. The Morgan fingerprint density at radius 2 is 1.59 bits per heavy atom. The molecule has 2 rings (SSSR count). The Balaban J connectivity index is 2.23. The molecule has 0 saturated carbocycles. The van der Waals surface area contributed by atoms with Gasteiger partial charge in [0.2, 0.25) is 0 Å². The summed E-state index contributed by atoms with van der Waals surface area (Å²) in [6.45, 7) is 0. The van der Waals surface area contributed by atoms with Crippen molar-refractivity contribution in [2.45, 2.75) is 0 Å². The van der Waals surface area contributed by atoms with Gasteiger partial charge in [0, 0.05) is 23.7 Å². The molecule has 0 heterocycles. The van der Waals surface area contributed by atoms with E-state index in [4.69, 9.17) is 11.5 Å². The number of nitrogen functional groups attached to an aromatic ring is 2. The second-order valence-corrected chi connectivity index (χ2v) is 3.67. The Morgan fingerprint density at radius 3 is 2.24 bits per heavy atom. The van der Waals surface area contributed by atoms with Crippen LogP contribution in [0, 0.1) is 0 Å². The molecule has 5 N–H and O–H groups in total. The monoisotopic (exact) mass is 227 g/mol. The van der Waals surface area contributed by atoms with Gasteiger partial charge in [0.05, 0.1) is 0 Å². The summed E-state index contributed by atoms with van der Waals surface area (Å²) in [4.78, 5) is 4.18. The molecule has 4 heteroatoms. The van der Waals surface area contributed by atoms with E-state index < -0.39 is 0 Å². The van der Waals surface area contributed by atoms with Crippen LogP contribution in [-0.2, 0) is 0 Å². The number of hydrogen-bond donors (Lipinski definition) is 3. The molecular formula is C13H13N3O. The summed E-state index contributed by atoms with van der Waals surface area (Å²) in [7, 11) is 0. The number of aromatic hydroxyl groups is 1. The van der Waals surface area contributed by atoms with Crippen molar-refractivity contribution in [3.63, 3.8) is 0 Å². The van der Waals surface area contributed by atoms with Gasteiger partial charge in [0.15, 0.2) is 0 Å². The highest BCUT2D eigenvalue weighted by molar-refractivity contribution is 5.83. The maximum Gasteiger partial charge on any atom is 0.143 e. The first kappa shape index (κ1) is 11.0. The van der Waals surface area contributed by atoms with Crippen LogP contribution in [0.15, 0.2) is 47.5 Å². The SMILES string of the molecule is Nc1ccc(C=Nc2ccc(N)cc2O)cc1. The highest BCUT2D eigenvalue weighted by atomic mass is 16.3. The first-order valence-corrected chi connectivity index (χ1v) is 5.13. The van der Waals surface area contributed by atoms with Gasteiger partial charge in [-0.2, -0.15) is 0 Å². The van der Waals surface area contributed by atoms with Crippen LogP contribution in [0.25, 0.3) is 0 Å². The van der Waals surface area contributed by atoms with Crippen molar-refractivity contribution < 1.29 is 5.11 Å². The van der Waals surface area contributed by atoms with Gasteiger partial charge < -0.3 is 16.6 Å².